The van der Waals surface area contributed by atoms with E-state index in [1.54, 1.807) is 0 Å². The fourth-order valence-corrected chi connectivity index (χ4v) is 3.19. The summed E-state index contributed by atoms with van der Waals surface area (Å²) in [5, 5.41) is 6.03. The fraction of sp³-hybridized carbons (Fsp3) is 0.316. The van der Waals surface area contributed by atoms with Crippen molar-refractivity contribution in [1.29, 1.82) is 0 Å². The first-order chi connectivity index (χ1) is 11.4. The third-order valence-electron chi connectivity index (χ3n) is 4.42. The zero-order valence-corrected chi connectivity index (χ0v) is 13.2. The molecule has 0 unspecified atom stereocenters. The van der Waals surface area contributed by atoms with Crippen molar-refractivity contribution in [3.63, 3.8) is 0 Å². The Labute approximate surface area is 136 Å². The summed E-state index contributed by atoms with van der Waals surface area (Å²) in [5.74, 6) is 0. The van der Waals surface area contributed by atoms with Gasteiger partial charge in [0.25, 0.3) is 0 Å². The lowest BCUT2D eigenvalue weighted by Crippen LogP contribution is -2.39. The van der Waals surface area contributed by atoms with Crippen molar-refractivity contribution < 1.29 is 4.74 Å². The molecule has 0 saturated carbocycles. The molecule has 4 nitrogen and oxygen atoms in total. The van der Waals surface area contributed by atoms with E-state index in [-0.39, 0.29) is 0 Å². The second-order valence-electron chi connectivity index (χ2n) is 5.90. The van der Waals surface area contributed by atoms with Crippen LogP contribution in [0.3, 0.4) is 0 Å². The first kappa shape index (κ1) is 14.4. The second kappa shape index (κ2) is 6.52. The molecule has 4 heteroatoms. The Hall–Kier alpha value is -2.17. The van der Waals surface area contributed by atoms with Crippen LogP contribution >= 0.6 is 0 Å². The molecule has 118 valence electrons. The molecule has 0 aliphatic carbocycles. The molecule has 1 aliphatic rings. The molecular weight excluding hydrogens is 286 g/mol. The molecule has 2 heterocycles. The van der Waals surface area contributed by atoms with Crippen LogP contribution in [-0.2, 0) is 4.74 Å². The summed E-state index contributed by atoms with van der Waals surface area (Å²) < 4.78 is 5.41. The SMILES string of the molecule is c1ccc2c(NCCN3CCOCC3)c3ccccc3nc2c1. The number of para-hydroxylation sites is 2. The molecule has 0 atom stereocenters. The second-order valence-corrected chi connectivity index (χ2v) is 5.90. The lowest BCUT2D eigenvalue weighted by Gasteiger charge is -2.26. The minimum atomic E-state index is 0.848. The Kier molecular flexibility index (Phi) is 4.09. The number of hydrogen-bond donors (Lipinski definition) is 1. The van der Waals surface area contributed by atoms with Crippen LogP contribution in [0.1, 0.15) is 0 Å². The van der Waals surface area contributed by atoms with Gasteiger partial charge < -0.3 is 10.1 Å². The van der Waals surface area contributed by atoms with Crippen LogP contribution in [0.5, 0.6) is 0 Å². The number of ether oxygens (including phenoxy) is 1. The summed E-state index contributed by atoms with van der Waals surface area (Å²) in [7, 11) is 0. The van der Waals surface area contributed by atoms with Gasteiger partial charge in [-0.25, -0.2) is 4.98 Å². The van der Waals surface area contributed by atoms with Crippen molar-refractivity contribution in [2.45, 2.75) is 0 Å². The van der Waals surface area contributed by atoms with E-state index < -0.39 is 0 Å². The van der Waals surface area contributed by atoms with Crippen molar-refractivity contribution in [1.82, 2.24) is 9.88 Å². The van der Waals surface area contributed by atoms with Crippen molar-refractivity contribution in [2.24, 2.45) is 0 Å². The largest absolute Gasteiger partial charge is 0.383 e. The van der Waals surface area contributed by atoms with Gasteiger partial charge in [0.05, 0.1) is 29.9 Å². The number of nitrogens with zero attached hydrogens (tertiary/aromatic N) is 2. The van der Waals surface area contributed by atoms with Gasteiger partial charge >= 0.3 is 0 Å². The number of nitrogens with one attached hydrogen (secondary N) is 1. The maximum Gasteiger partial charge on any atom is 0.0730 e. The Balaban J connectivity index is 1.63. The molecule has 0 radical (unpaired) electrons. The number of fused-ring (bicyclic) bond motifs is 2. The molecule has 1 saturated heterocycles. The number of morpholine rings is 1. The molecule has 1 fully saturated rings. The van der Waals surface area contributed by atoms with Crippen LogP contribution in [0, 0.1) is 0 Å². The van der Waals surface area contributed by atoms with E-state index in [1.807, 2.05) is 12.1 Å². The summed E-state index contributed by atoms with van der Waals surface area (Å²) in [4.78, 5) is 7.22. The fourth-order valence-electron chi connectivity index (χ4n) is 3.19. The summed E-state index contributed by atoms with van der Waals surface area (Å²) in [6.07, 6.45) is 0. The number of rotatable bonds is 4. The van der Waals surface area contributed by atoms with Gasteiger partial charge in [0, 0.05) is 37.0 Å². The van der Waals surface area contributed by atoms with Gasteiger partial charge in [0.2, 0.25) is 0 Å². The standard InChI is InChI=1S/C19H21N3O/c1-3-7-17-15(5-1)19(16-6-2-4-8-18(16)21-17)20-9-10-22-11-13-23-14-12-22/h1-8H,9-14H2,(H,20,21). The van der Waals surface area contributed by atoms with Gasteiger partial charge in [0.1, 0.15) is 0 Å². The Morgan fingerprint density at radius 3 is 2.17 bits per heavy atom. The van der Waals surface area contributed by atoms with Crippen molar-refractivity contribution in [3.05, 3.63) is 48.5 Å². The van der Waals surface area contributed by atoms with Crippen LogP contribution in [0.25, 0.3) is 21.8 Å². The third kappa shape index (κ3) is 3.00. The first-order valence-electron chi connectivity index (χ1n) is 8.23. The predicted molar refractivity (Wildman–Crippen MR) is 95.0 cm³/mol. The molecule has 1 aromatic heterocycles. The van der Waals surface area contributed by atoms with E-state index in [2.05, 4.69) is 46.6 Å². The number of anilines is 1. The highest BCUT2D eigenvalue weighted by atomic mass is 16.5. The average Bonchev–Trinajstić information content (AvgIpc) is 2.62. The average molecular weight is 307 g/mol. The van der Waals surface area contributed by atoms with E-state index in [9.17, 15) is 0 Å². The van der Waals surface area contributed by atoms with Gasteiger partial charge in [-0.2, -0.15) is 0 Å². The molecular formula is C19H21N3O. The van der Waals surface area contributed by atoms with Gasteiger partial charge in [-0.15, -0.1) is 0 Å². The third-order valence-corrected chi connectivity index (χ3v) is 4.42. The summed E-state index contributed by atoms with van der Waals surface area (Å²) in [5.41, 5.74) is 3.28. The molecule has 1 aliphatic heterocycles. The Bertz CT molecular complexity index is 758. The smallest absolute Gasteiger partial charge is 0.0730 e. The van der Waals surface area contributed by atoms with E-state index in [0.29, 0.717) is 0 Å². The van der Waals surface area contributed by atoms with Crippen molar-refractivity contribution in [3.8, 4) is 0 Å². The maximum atomic E-state index is 5.41. The van der Waals surface area contributed by atoms with Crippen molar-refractivity contribution in [2.75, 3.05) is 44.7 Å². The number of hydrogen-bond acceptors (Lipinski definition) is 4. The minimum absolute atomic E-state index is 0.848. The van der Waals surface area contributed by atoms with Crippen LogP contribution in [0.4, 0.5) is 5.69 Å². The van der Waals surface area contributed by atoms with Gasteiger partial charge in [0.15, 0.2) is 0 Å². The topological polar surface area (TPSA) is 37.4 Å². The molecule has 0 spiro atoms. The predicted octanol–water partition coefficient (Wildman–Crippen LogP) is 3.13. The number of benzene rings is 2. The lowest BCUT2D eigenvalue weighted by atomic mass is 10.1. The Morgan fingerprint density at radius 2 is 1.52 bits per heavy atom. The van der Waals surface area contributed by atoms with Crippen molar-refractivity contribution >= 4 is 27.5 Å². The van der Waals surface area contributed by atoms with Gasteiger partial charge in [-0.3, -0.25) is 4.90 Å². The molecule has 1 N–H and O–H groups in total. The minimum Gasteiger partial charge on any atom is -0.383 e. The van der Waals surface area contributed by atoms with E-state index >= 15 is 0 Å². The highest BCUT2D eigenvalue weighted by Crippen LogP contribution is 2.30. The first-order valence-corrected chi connectivity index (χ1v) is 8.23. The lowest BCUT2D eigenvalue weighted by molar-refractivity contribution is 0.0398. The number of aromatic nitrogens is 1. The molecule has 2 aromatic carbocycles. The zero-order valence-electron chi connectivity index (χ0n) is 13.2. The van der Waals surface area contributed by atoms with E-state index in [0.717, 1.165) is 50.4 Å². The molecule has 3 aromatic rings. The molecule has 0 bridgehead atoms. The van der Waals surface area contributed by atoms with Gasteiger partial charge in [-0.1, -0.05) is 36.4 Å². The Morgan fingerprint density at radius 1 is 0.913 bits per heavy atom. The summed E-state index contributed by atoms with van der Waals surface area (Å²) in [6.45, 7) is 5.72. The zero-order chi connectivity index (χ0) is 15.5. The molecule has 23 heavy (non-hydrogen) atoms. The van der Waals surface area contributed by atoms with Gasteiger partial charge in [-0.05, 0) is 12.1 Å². The maximum absolute atomic E-state index is 5.41. The van der Waals surface area contributed by atoms with Crippen LogP contribution in [-0.4, -0.2) is 49.3 Å². The highest BCUT2D eigenvalue weighted by molar-refractivity contribution is 6.07. The van der Waals surface area contributed by atoms with E-state index in [1.165, 1.54) is 16.5 Å². The molecule has 4 rings (SSSR count). The summed E-state index contributed by atoms with van der Waals surface area (Å²) >= 11 is 0. The number of pyridine rings is 1. The summed E-state index contributed by atoms with van der Waals surface area (Å²) in [6, 6.07) is 16.7. The molecule has 0 amide bonds. The van der Waals surface area contributed by atoms with Crippen LogP contribution in [0.2, 0.25) is 0 Å². The van der Waals surface area contributed by atoms with Crippen LogP contribution < -0.4 is 5.32 Å². The monoisotopic (exact) mass is 307 g/mol. The van der Waals surface area contributed by atoms with E-state index in [4.69, 9.17) is 9.72 Å². The normalized spacial score (nSPS) is 16.0. The highest BCUT2D eigenvalue weighted by Gasteiger charge is 2.11. The van der Waals surface area contributed by atoms with Crippen LogP contribution in [0.15, 0.2) is 48.5 Å². The quantitative estimate of drug-likeness (QED) is 0.752.